The summed E-state index contributed by atoms with van der Waals surface area (Å²) in [5.41, 5.74) is 7.88. The number of para-hydroxylation sites is 1. The molecule has 2 heterocycles. The first kappa shape index (κ1) is 19.3. The van der Waals surface area contributed by atoms with Crippen molar-refractivity contribution in [3.63, 3.8) is 0 Å². The van der Waals surface area contributed by atoms with E-state index in [0.717, 1.165) is 34.4 Å². The molecule has 0 aliphatic carbocycles. The van der Waals surface area contributed by atoms with Gasteiger partial charge in [0.1, 0.15) is 5.70 Å². The number of amides is 2. The first-order valence-corrected chi connectivity index (χ1v) is 10.6. The summed E-state index contributed by atoms with van der Waals surface area (Å²) in [6.07, 6.45) is 0.853. The number of fused-ring (bicyclic) bond motifs is 1. The zero-order valence-corrected chi connectivity index (χ0v) is 18.0. The van der Waals surface area contributed by atoms with Gasteiger partial charge in [0.2, 0.25) is 0 Å². The van der Waals surface area contributed by atoms with Crippen molar-refractivity contribution < 1.29 is 9.59 Å². The number of aryl methyl sites for hydroxylation is 3. The van der Waals surface area contributed by atoms with Crippen molar-refractivity contribution >= 4 is 28.8 Å². The van der Waals surface area contributed by atoms with Gasteiger partial charge < -0.3 is 4.90 Å². The Hall–Kier alpha value is -3.66. The van der Waals surface area contributed by atoms with Crippen molar-refractivity contribution in [3.05, 3.63) is 100 Å². The van der Waals surface area contributed by atoms with Gasteiger partial charge in [-0.1, -0.05) is 54.1 Å². The van der Waals surface area contributed by atoms with E-state index in [4.69, 9.17) is 0 Å². The first-order chi connectivity index (χ1) is 15.0. The molecule has 154 valence electrons. The molecule has 4 nitrogen and oxygen atoms in total. The highest BCUT2D eigenvalue weighted by Gasteiger charge is 2.44. The van der Waals surface area contributed by atoms with Crippen LogP contribution in [0.5, 0.6) is 0 Å². The highest BCUT2D eigenvalue weighted by molar-refractivity contribution is 6.46. The molecule has 2 aliphatic heterocycles. The molecule has 0 unspecified atom stereocenters. The molecule has 0 N–H and O–H groups in total. The molecular weight excluding hydrogens is 384 g/mol. The van der Waals surface area contributed by atoms with Crippen LogP contribution in [0.4, 0.5) is 11.4 Å². The summed E-state index contributed by atoms with van der Waals surface area (Å²) in [5, 5.41) is 0. The van der Waals surface area contributed by atoms with Crippen molar-refractivity contribution in [3.8, 4) is 0 Å². The summed E-state index contributed by atoms with van der Waals surface area (Å²) in [4.78, 5) is 30.8. The highest BCUT2D eigenvalue weighted by atomic mass is 16.2. The van der Waals surface area contributed by atoms with Crippen LogP contribution in [0.15, 0.2) is 72.4 Å². The maximum atomic E-state index is 13.7. The van der Waals surface area contributed by atoms with Gasteiger partial charge in [0.25, 0.3) is 11.8 Å². The number of anilines is 2. The van der Waals surface area contributed by atoms with Crippen molar-refractivity contribution in [1.82, 2.24) is 0 Å². The minimum absolute atomic E-state index is 0.265. The summed E-state index contributed by atoms with van der Waals surface area (Å²) in [5.74, 6) is -0.532. The second-order valence-corrected chi connectivity index (χ2v) is 8.33. The Morgan fingerprint density at radius 3 is 2.26 bits per heavy atom. The first-order valence-electron chi connectivity index (χ1n) is 10.6. The molecule has 3 aromatic carbocycles. The van der Waals surface area contributed by atoms with Crippen LogP contribution in [-0.2, 0) is 16.0 Å². The predicted octanol–water partition coefficient (Wildman–Crippen LogP) is 4.96. The Labute approximate surface area is 182 Å². The van der Waals surface area contributed by atoms with E-state index in [9.17, 15) is 9.59 Å². The van der Waals surface area contributed by atoms with Crippen molar-refractivity contribution in [2.24, 2.45) is 0 Å². The number of hydrogen-bond acceptors (Lipinski definition) is 3. The molecule has 2 aliphatic rings. The van der Waals surface area contributed by atoms with Crippen LogP contribution in [-0.4, -0.2) is 18.4 Å². The molecule has 0 aromatic heterocycles. The Morgan fingerprint density at radius 1 is 0.774 bits per heavy atom. The minimum Gasteiger partial charge on any atom is -0.336 e. The number of carbonyl (C=O) groups excluding carboxylic acids is 2. The number of imide groups is 1. The van der Waals surface area contributed by atoms with Gasteiger partial charge in [-0.2, -0.15) is 0 Å². The molecule has 2 amide bonds. The summed E-state index contributed by atoms with van der Waals surface area (Å²) in [6.45, 7) is 6.75. The van der Waals surface area contributed by atoms with E-state index in [2.05, 4.69) is 6.07 Å². The van der Waals surface area contributed by atoms with E-state index in [0.29, 0.717) is 23.5 Å². The summed E-state index contributed by atoms with van der Waals surface area (Å²) >= 11 is 0. The molecule has 5 rings (SSSR count). The number of nitrogens with zero attached hydrogens (tertiary/aromatic N) is 2. The molecule has 0 saturated heterocycles. The van der Waals surface area contributed by atoms with E-state index < -0.39 is 0 Å². The Morgan fingerprint density at radius 2 is 1.52 bits per heavy atom. The molecule has 0 bridgehead atoms. The second-order valence-electron chi connectivity index (χ2n) is 8.33. The van der Waals surface area contributed by atoms with Gasteiger partial charge >= 0.3 is 0 Å². The minimum atomic E-state index is -0.267. The van der Waals surface area contributed by atoms with Crippen LogP contribution in [0.25, 0.3) is 5.57 Å². The van der Waals surface area contributed by atoms with Crippen LogP contribution in [0.2, 0.25) is 0 Å². The quantitative estimate of drug-likeness (QED) is 0.575. The van der Waals surface area contributed by atoms with E-state index >= 15 is 0 Å². The van der Waals surface area contributed by atoms with Gasteiger partial charge in [-0.3, -0.25) is 9.59 Å². The molecule has 0 atom stereocenters. The van der Waals surface area contributed by atoms with Crippen molar-refractivity contribution in [1.29, 1.82) is 0 Å². The Kier molecular flexibility index (Phi) is 4.51. The van der Waals surface area contributed by atoms with Crippen LogP contribution >= 0.6 is 0 Å². The molecule has 0 fully saturated rings. The number of rotatable bonds is 3. The average molecular weight is 409 g/mol. The van der Waals surface area contributed by atoms with Crippen LogP contribution < -0.4 is 9.80 Å². The van der Waals surface area contributed by atoms with E-state index in [1.54, 1.807) is 0 Å². The van der Waals surface area contributed by atoms with E-state index in [-0.39, 0.29) is 11.8 Å². The number of carbonyl (C=O) groups is 2. The Balaban J connectivity index is 1.70. The largest absolute Gasteiger partial charge is 0.336 e. The predicted molar refractivity (Wildman–Crippen MR) is 124 cm³/mol. The normalized spacial score (nSPS) is 15.8. The molecule has 0 saturated carbocycles. The monoisotopic (exact) mass is 408 g/mol. The van der Waals surface area contributed by atoms with Gasteiger partial charge in [0.05, 0.1) is 11.3 Å². The highest BCUT2D eigenvalue weighted by Crippen LogP contribution is 2.40. The zero-order chi connectivity index (χ0) is 21.7. The lowest BCUT2D eigenvalue weighted by Crippen LogP contribution is -2.34. The third-order valence-corrected chi connectivity index (χ3v) is 6.30. The number of hydrogen-bond donors (Lipinski definition) is 0. The third kappa shape index (κ3) is 3.07. The van der Waals surface area contributed by atoms with Crippen LogP contribution in [0.1, 0.15) is 27.8 Å². The lowest BCUT2D eigenvalue weighted by atomic mass is 9.99. The van der Waals surface area contributed by atoms with E-state index in [1.165, 1.54) is 10.5 Å². The maximum absolute atomic E-state index is 13.7. The topological polar surface area (TPSA) is 40.6 Å². The molecule has 31 heavy (non-hydrogen) atoms. The van der Waals surface area contributed by atoms with Gasteiger partial charge in [-0.25, -0.2) is 4.90 Å². The van der Waals surface area contributed by atoms with Gasteiger partial charge in [-0.05, 0) is 67.6 Å². The lowest BCUT2D eigenvalue weighted by molar-refractivity contribution is -0.120. The summed E-state index contributed by atoms with van der Waals surface area (Å²) < 4.78 is 0. The van der Waals surface area contributed by atoms with Crippen LogP contribution in [0, 0.1) is 20.8 Å². The molecule has 0 radical (unpaired) electrons. The van der Waals surface area contributed by atoms with Gasteiger partial charge in [-0.15, -0.1) is 0 Å². The standard InChI is InChI=1S/C27H24N2O2/c1-17-8-12-22(13-9-17)29-26(30)24(21-11-10-18(2)19(3)16-21)25(27(29)31)28-15-14-20-6-4-5-7-23(20)28/h4-13,16H,14-15H2,1-3H3. The fraction of sp³-hybridized carbons (Fsp3) is 0.185. The van der Waals surface area contributed by atoms with Crippen molar-refractivity contribution in [2.75, 3.05) is 16.3 Å². The lowest BCUT2D eigenvalue weighted by Gasteiger charge is -2.22. The van der Waals surface area contributed by atoms with Gasteiger partial charge in [0.15, 0.2) is 0 Å². The summed E-state index contributed by atoms with van der Waals surface area (Å²) in [6, 6.07) is 21.6. The average Bonchev–Trinajstić information content (AvgIpc) is 3.29. The fourth-order valence-corrected chi connectivity index (χ4v) is 4.42. The molecular formula is C27H24N2O2. The van der Waals surface area contributed by atoms with Crippen LogP contribution in [0.3, 0.4) is 0 Å². The van der Waals surface area contributed by atoms with Crippen molar-refractivity contribution in [2.45, 2.75) is 27.2 Å². The maximum Gasteiger partial charge on any atom is 0.282 e. The SMILES string of the molecule is Cc1ccc(N2C(=O)C(c3ccc(C)c(C)c3)=C(N3CCc4ccccc43)C2=O)cc1. The third-order valence-electron chi connectivity index (χ3n) is 6.30. The fourth-order valence-electron chi connectivity index (χ4n) is 4.42. The number of benzene rings is 3. The second kappa shape index (κ2) is 7.24. The zero-order valence-electron chi connectivity index (χ0n) is 18.0. The molecule has 4 heteroatoms. The Bertz CT molecular complexity index is 1250. The smallest absolute Gasteiger partial charge is 0.282 e. The van der Waals surface area contributed by atoms with E-state index in [1.807, 2.05) is 86.3 Å². The molecule has 3 aromatic rings. The van der Waals surface area contributed by atoms with Gasteiger partial charge in [0, 0.05) is 12.2 Å². The summed E-state index contributed by atoms with van der Waals surface area (Å²) in [7, 11) is 0. The molecule has 0 spiro atoms.